The molecule has 0 spiro atoms. The number of thiophene rings is 4. The van der Waals surface area contributed by atoms with E-state index < -0.39 is 0 Å². The van der Waals surface area contributed by atoms with Crippen LogP contribution in [0, 0.1) is 0 Å². The molecule has 1 aliphatic rings. The van der Waals surface area contributed by atoms with Crippen molar-refractivity contribution in [2.24, 2.45) is 4.99 Å². The van der Waals surface area contributed by atoms with E-state index in [9.17, 15) is 0 Å². The summed E-state index contributed by atoms with van der Waals surface area (Å²) in [6.45, 7) is 0.113. The molecule has 0 saturated heterocycles. The SMILES string of the molecule is C1=C/C(=C(\c2cccs2)c2ccc(-c3cccs3)n2B(c2cccs2)c2cccs2)N=C1. The van der Waals surface area contributed by atoms with Crippen LogP contribution in [-0.4, -0.2) is 17.5 Å². The zero-order valence-electron chi connectivity index (χ0n) is 16.9. The van der Waals surface area contributed by atoms with Crippen molar-refractivity contribution in [2.75, 3.05) is 0 Å². The molecule has 0 unspecified atom stereocenters. The fourth-order valence-electron chi connectivity index (χ4n) is 4.10. The predicted octanol–water partition coefficient (Wildman–Crippen LogP) is 6.46. The maximum atomic E-state index is 4.71. The van der Waals surface area contributed by atoms with Crippen molar-refractivity contribution in [1.29, 1.82) is 0 Å². The molecule has 2 nitrogen and oxygen atoms in total. The molecule has 154 valence electrons. The Morgan fingerprint density at radius 3 is 2.06 bits per heavy atom. The number of rotatable bonds is 6. The molecule has 7 heteroatoms. The third kappa shape index (κ3) is 3.51. The Hall–Kier alpha value is -2.71. The summed E-state index contributed by atoms with van der Waals surface area (Å²) in [6.07, 6.45) is 6.02. The molecule has 0 saturated carbocycles. The van der Waals surface area contributed by atoms with Crippen LogP contribution >= 0.6 is 45.3 Å². The first-order chi connectivity index (χ1) is 15.9. The average Bonchev–Trinajstić information content (AvgIpc) is 3.67. The largest absolute Gasteiger partial charge is 0.374 e. The van der Waals surface area contributed by atoms with Crippen LogP contribution in [0.4, 0.5) is 0 Å². The number of allylic oxidation sites excluding steroid dienone is 2. The van der Waals surface area contributed by atoms with Crippen LogP contribution in [-0.2, 0) is 0 Å². The molecule has 0 bridgehead atoms. The van der Waals surface area contributed by atoms with Crippen LogP contribution in [0.25, 0.3) is 16.1 Å². The van der Waals surface area contributed by atoms with Gasteiger partial charge in [-0.25, -0.2) is 0 Å². The van der Waals surface area contributed by atoms with Crippen molar-refractivity contribution >= 4 is 73.5 Å². The van der Waals surface area contributed by atoms with Crippen molar-refractivity contribution in [2.45, 2.75) is 0 Å². The standard InChI is InChI=1S/C25H17BN2S4/c1-6-18(27-13-1)25(22-8-3-15-30-22)20-12-11-19(21-7-2-14-29-21)28(20)26(23-9-4-16-31-23)24-10-5-17-32-24/h1-17H/b25-18+. The van der Waals surface area contributed by atoms with Crippen LogP contribution in [0.5, 0.6) is 0 Å². The normalized spacial score (nSPS) is 14.4. The summed E-state index contributed by atoms with van der Waals surface area (Å²) in [5.41, 5.74) is 4.63. The Balaban J connectivity index is 1.67. The van der Waals surface area contributed by atoms with E-state index in [4.69, 9.17) is 4.99 Å². The van der Waals surface area contributed by atoms with E-state index in [0.29, 0.717) is 0 Å². The van der Waals surface area contributed by atoms with Crippen molar-refractivity contribution in [1.82, 2.24) is 4.48 Å². The fourth-order valence-corrected chi connectivity index (χ4v) is 7.37. The molecule has 0 aliphatic carbocycles. The highest BCUT2D eigenvalue weighted by Gasteiger charge is 2.31. The summed E-state index contributed by atoms with van der Waals surface area (Å²) >= 11 is 7.18. The highest BCUT2D eigenvalue weighted by Crippen LogP contribution is 2.37. The zero-order chi connectivity index (χ0) is 21.3. The monoisotopic (exact) mass is 484 g/mol. The molecule has 0 N–H and O–H groups in total. The Morgan fingerprint density at radius 1 is 0.750 bits per heavy atom. The van der Waals surface area contributed by atoms with Gasteiger partial charge in [-0.05, 0) is 57.9 Å². The van der Waals surface area contributed by atoms with E-state index in [2.05, 4.69) is 92.7 Å². The average molecular weight is 485 g/mol. The highest BCUT2D eigenvalue weighted by atomic mass is 32.1. The van der Waals surface area contributed by atoms with E-state index in [1.54, 1.807) is 22.7 Å². The predicted molar refractivity (Wildman–Crippen MR) is 145 cm³/mol. The lowest BCUT2D eigenvalue weighted by Crippen LogP contribution is -2.47. The second-order valence-electron chi connectivity index (χ2n) is 7.26. The fraction of sp³-hybridized carbons (Fsp3) is 0. The molecule has 0 radical (unpaired) electrons. The van der Waals surface area contributed by atoms with E-state index in [-0.39, 0.29) is 6.85 Å². The van der Waals surface area contributed by atoms with Crippen molar-refractivity contribution in [3.63, 3.8) is 0 Å². The molecule has 6 heterocycles. The van der Waals surface area contributed by atoms with E-state index >= 15 is 0 Å². The smallest absolute Gasteiger partial charge is 0.349 e. The summed E-state index contributed by atoms with van der Waals surface area (Å²) in [6, 6.07) is 22.0. The summed E-state index contributed by atoms with van der Waals surface area (Å²) < 4.78 is 5.19. The topological polar surface area (TPSA) is 17.3 Å². The van der Waals surface area contributed by atoms with Gasteiger partial charge in [0.05, 0.1) is 5.70 Å². The molecular formula is C25H17BN2S4. The first-order valence-corrected chi connectivity index (χ1v) is 13.7. The van der Waals surface area contributed by atoms with Crippen LogP contribution in [0.2, 0.25) is 0 Å². The molecular weight excluding hydrogens is 467 g/mol. The van der Waals surface area contributed by atoms with Gasteiger partial charge < -0.3 is 4.48 Å². The molecule has 5 aromatic heterocycles. The number of aromatic nitrogens is 1. The first kappa shape index (κ1) is 19.9. The molecule has 32 heavy (non-hydrogen) atoms. The van der Waals surface area contributed by atoms with Crippen LogP contribution in [0.15, 0.2) is 105 Å². The van der Waals surface area contributed by atoms with E-state index in [1.807, 2.05) is 35.0 Å². The van der Waals surface area contributed by atoms with Gasteiger partial charge in [-0.3, -0.25) is 4.99 Å². The molecule has 1 aliphatic heterocycles. The summed E-state index contributed by atoms with van der Waals surface area (Å²) in [5, 5.41) is 8.64. The quantitative estimate of drug-likeness (QED) is 0.246. The van der Waals surface area contributed by atoms with Gasteiger partial charge in [-0.15, -0.1) is 22.7 Å². The second kappa shape index (κ2) is 8.67. The molecule has 0 amide bonds. The second-order valence-corrected chi connectivity index (χ2v) is 11.1. The summed E-state index contributed by atoms with van der Waals surface area (Å²) in [4.78, 5) is 7.22. The number of aliphatic imine (C=N–C) groups is 1. The Morgan fingerprint density at radius 2 is 1.47 bits per heavy atom. The lowest BCUT2D eigenvalue weighted by Gasteiger charge is -2.21. The van der Waals surface area contributed by atoms with Gasteiger partial charge in [0.15, 0.2) is 0 Å². The van der Waals surface area contributed by atoms with Crippen molar-refractivity contribution in [3.8, 4) is 10.6 Å². The Kier molecular flexibility index (Phi) is 5.41. The third-order valence-corrected chi connectivity index (χ3v) is 9.04. The number of hydrogen-bond acceptors (Lipinski definition) is 5. The van der Waals surface area contributed by atoms with Crippen LogP contribution < -0.4 is 9.55 Å². The van der Waals surface area contributed by atoms with Gasteiger partial charge >= 0.3 is 6.85 Å². The lowest BCUT2D eigenvalue weighted by molar-refractivity contribution is 1.19. The van der Waals surface area contributed by atoms with Crippen LogP contribution in [0.1, 0.15) is 10.6 Å². The van der Waals surface area contributed by atoms with Crippen molar-refractivity contribution < 1.29 is 0 Å². The lowest BCUT2D eigenvalue weighted by atomic mass is 9.58. The minimum absolute atomic E-state index is 0.113. The van der Waals surface area contributed by atoms with Gasteiger partial charge in [0.25, 0.3) is 0 Å². The van der Waals surface area contributed by atoms with Gasteiger partial charge in [0.2, 0.25) is 0 Å². The summed E-state index contributed by atoms with van der Waals surface area (Å²) in [7, 11) is 0. The highest BCUT2D eigenvalue weighted by molar-refractivity contribution is 7.30. The van der Waals surface area contributed by atoms with Gasteiger partial charge in [-0.2, -0.15) is 22.7 Å². The molecule has 0 fully saturated rings. The van der Waals surface area contributed by atoms with E-state index in [0.717, 1.165) is 5.70 Å². The van der Waals surface area contributed by atoms with Crippen molar-refractivity contribution in [3.05, 3.63) is 111 Å². The minimum Gasteiger partial charge on any atom is -0.374 e. The minimum atomic E-state index is 0.113. The molecule has 0 aromatic carbocycles. The van der Waals surface area contributed by atoms with Gasteiger partial charge in [0.1, 0.15) is 0 Å². The Bertz CT molecular complexity index is 1350. The molecule has 5 aromatic rings. The van der Waals surface area contributed by atoms with Gasteiger partial charge in [0, 0.05) is 42.5 Å². The first-order valence-electron chi connectivity index (χ1n) is 10.2. The zero-order valence-corrected chi connectivity index (χ0v) is 20.2. The maximum absolute atomic E-state index is 4.71. The number of hydrogen-bond donors (Lipinski definition) is 0. The maximum Gasteiger partial charge on any atom is 0.349 e. The third-order valence-electron chi connectivity index (χ3n) is 5.41. The summed E-state index contributed by atoms with van der Waals surface area (Å²) in [5.74, 6) is 0. The Labute approximate surface area is 203 Å². The molecule has 0 atom stereocenters. The van der Waals surface area contributed by atoms with Crippen LogP contribution in [0.3, 0.4) is 0 Å². The van der Waals surface area contributed by atoms with Gasteiger partial charge in [-0.1, -0.05) is 36.4 Å². The molecule has 6 rings (SSSR count). The van der Waals surface area contributed by atoms with E-state index in [1.165, 1.54) is 36.3 Å². The number of nitrogens with zero attached hydrogens (tertiary/aromatic N) is 2.